The van der Waals surface area contributed by atoms with Gasteiger partial charge in [0.1, 0.15) is 18.2 Å². The van der Waals surface area contributed by atoms with Crippen molar-refractivity contribution in [2.45, 2.75) is 46.7 Å². The lowest BCUT2D eigenvalue weighted by atomic mass is 9.94. The Kier molecular flexibility index (Phi) is 7.47. The Hall–Kier alpha value is -3.19. The molecule has 0 radical (unpaired) electrons. The van der Waals surface area contributed by atoms with E-state index in [1.165, 1.54) is 12.1 Å². The van der Waals surface area contributed by atoms with Gasteiger partial charge in [-0.05, 0) is 43.5 Å². The van der Waals surface area contributed by atoms with E-state index < -0.39 is 0 Å². The summed E-state index contributed by atoms with van der Waals surface area (Å²) in [6.45, 7) is 15.4. The second kappa shape index (κ2) is 10.3. The van der Waals surface area contributed by atoms with Gasteiger partial charge in [-0.25, -0.2) is 4.39 Å². The van der Waals surface area contributed by atoms with Crippen LogP contribution in [0.15, 0.2) is 54.0 Å². The molecule has 0 saturated carbocycles. The van der Waals surface area contributed by atoms with E-state index in [9.17, 15) is 14.0 Å². The molecule has 37 heavy (non-hydrogen) atoms. The number of anilines is 1. The van der Waals surface area contributed by atoms with Crippen molar-refractivity contribution >= 4 is 34.9 Å². The SMILES string of the molecule is C=CC(=O)N1CC(C)N(C2=NCC(=O)N(CC(C)(C)C)c3cc(-c4ccccc4F)c(Cl)cc32)CC1C. The molecule has 2 unspecified atom stereocenters. The van der Waals surface area contributed by atoms with Crippen LogP contribution < -0.4 is 4.90 Å². The van der Waals surface area contributed by atoms with Gasteiger partial charge in [-0.1, -0.05) is 57.2 Å². The Balaban J connectivity index is 1.86. The molecule has 1 saturated heterocycles. The first-order valence-electron chi connectivity index (χ1n) is 12.5. The van der Waals surface area contributed by atoms with Gasteiger partial charge in [0.05, 0.1) is 5.69 Å². The van der Waals surface area contributed by atoms with Crippen molar-refractivity contribution in [3.05, 3.63) is 65.5 Å². The van der Waals surface area contributed by atoms with E-state index in [2.05, 4.69) is 32.3 Å². The van der Waals surface area contributed by atoms with Crippen molar-refractivity contribution in [3.8, 4) is 11.1 Å². The average molecular weight is 525 g/mol. The number of aliphatic imine (C=N–C) groups is 1. The molecule has 1 fully saturated rings. The number of piperazine rings is 1. The minimum Gasteiger partial charge on any atom is -0.350 e. The Bertz CT molecular complexity index is 1270. The number of carbonyl (C=O) groups is 2. The van der Waals surface area contributed by atoms with Crippen LogP contribution in [0.5, 0.6) is 0 Å². The quantitative estimate of drug-likeness (QED) is 0.506. The summed E-state index contributed by atoms with van der Waals surface area (Å²) in [5, 5.41) is 0.378. The summed E-state index contributed by atoms with van der Waals surface area (Å²) in [7, 11) is 0. The molecule has 0 N–H and O–H groups in total. The molecule has 6 nitrogen and oxygen atoms in total. The summed E-state index contributed by atoms with van der Waals surface area (Å²) in [6, 6.07) is 9.95. The third kappa shape index (κ3) is 5.42. The molecule has 2 atom stereocenters. The van der Waals surface area contributed by atoms with Crippen LogP contribution in [0.3, 0.4) is 0 Å². The Morgan fingerprint density at radius 2 is 1.84 bits per heavy atom. The number of nitrogens with zero attached hydrogens (tertiary/aromatic N) is 4. The molecule has 196 valence electrons. The second-order valence-electron chi connectivity index (χ2n) is 11.1. The van der Waals surface area contributed by atoms with Gasteiger partial charge in [0.2, 0.25) is 11.8 Å². The molecule has 2 aromatic rings. The van der Waals surface area contributed by atoms with Crippen LogP contribution in [-0.2, 0) is 9.59 Å². The van der Waals surface area contributed by atoms with E-state index in [1.54, 1.807) is 34.1 Å². The summed E-state index contributed by atoms with van der Waals surface area (Å²) >= 11 is 6.78. The fourth-order valence-electron chi connectivity index (χ4n) is 5.04. The summed E-state index contributed by atoms with van der Waals surface area (Å²) in [5.74, 6) is 0.0401. The lowest BCUT2D eigenvalue weighted by Gasteiger charge is -2.45. The zero-order valence-corrected chi connectivity index (χ0v) is 22.8. The van der Waals surface area contributed by atoms with E-state index in [1.807, 2.05) is 19.9 Å². The third-order valence-corrected chi connectivity index (χ3v) is 7.11. The number of amides is 2. The van der Waals surface area contributed by atoms with Gasteiger partial charge >= 0.3 is 0 Å². The van der Waals surface area contributed by atoms with Gasteiger partial charge in [0.25, 0.3) is 0 Å². The standard InChI is InChI=1S/C29H34ClFN4O2/c1-7-26(36)33-15-19(3)34(16-18(33)2)28-22-12-23(30)21(20-10-8-9-11-24(20)31)13-25(22)35(17-29(4,5)6)27(37)14-32-28/h7-13,18-19H,1,14-17H2,2-6H3. The number of fused-ring (bicyclic) bond motifs is 1. The first kappa shape index (κ1) is 26.9. The minimum absolute atomic E-state index is 0.0142. The number of amidine groups is 1. The van der Waals surface area contributed by atoms with Crippen molar-refractivity contribution in [1.29, 1.82) is 0 Å². The zero-order chi connectivity index (χ0) is 27.1. The van der Waals surface area contributed by atoms with Gasteiger partial charge in [-0.3, -0.25) is 14.6 Å². The maximum absolute atomic E-state index is 14.8. The van der Waals surface area contributed by atoms with Crippen LogP contribution in [0.25, 0.3) is 11.1 Å². The van der Waals surface area contributed by atoms with Gasteiger partial charge in [0, 0.05) is 53.4 Å². The Morgan fingerprint density at radius 1 is 1.14 bits per heavy atom. The van der Waals surface area contributed by atoms with Crippen LogP contribution in [0.4, 0.5) is 10.1 Å². The number of hydrogen-bond acceptors (Lipinski definition) is 4. The van der Waals surface area contributed by atoms with Crippen LogP contribution in [0.1, 0.15) is 40.2 Å². The number of hydrogen-bond donors (Lipinski definition) is 0. The number of benzodiazepines with no additional fused rings is 1. The van der Waals surface area contributed by atoms with Crippen molar-refractivity contribution in [2.24, 2.45) is 10.4 Å². The summed E-state index contributed by atoms with van der Waals surface area (Å²) < 4.78 is 14.8. The second-order valence-corrected chi connectivity index (χ2v) is 11.5. The van der Waals surface area contributed by atoms with E-state index in [0.29, 0.717) is 47.3 Å². The van der Waals surface area contributed by atoms with Crippen molar-refractivity contribution in [2.75, 3.05) is 31.1 Å². The van der Waals surface area contributed by atoms with E-state index >= 15 is 0 Å². The molecule has 0 aliphatic carbocycles. The monoisotopic (exact) mass is 524 g/mol. The van der Waals surface area contributed by atoms with E-state index in [0.717, 1.165) is 5.56 Å². The first-order valence-corrected chi connectivity index (χ1v) is 12.9. The number of carbonyl (C=O) groups excluding carboxylic acids is 2. The maximum atomic E-state index is 14.8. The van der Waals surface area contributed by atoms with Gasteiger partial charge in [-0.2, -0.15) is 0 Å². The summed E-state index contributed by atoms with van der Waals surface area (Å²) in [6.07, 6.45) is 1.34. The molecule has 4 rings (SSSR count). The van der Waals surface area contributed by atoms with Crippen molar-refractivity contribution in [3.63, 3.8) is 0 Å². The molecular formula is C29H34ClFN4O2. The lowest BCUT2D eigenvalue weighted by molar-refractivity contribution is -0.130. The number of rotatable bonds is 3. The molecule has 2 aromatic carbocycles. The third-order valence-electron chi connectivity index (χ3n) is 6.79. The van der Waals surface area contributed by atoms with E-state index in [4.69, 9.17) is 16.6 Å². The van der Waals surface area contributed by atoms with Crippen LogP contribution in [-0.4, -0.2) is 65.7 Å². The largest absolute Gasteiger partial charge is 0.350 e. The highest BCUT2D eigenvalue weighted by Gasteiger charge is 2.37. The fourth-order valence-corrected chi connectivity index (χ4v) is 5.30. The smallest absolute Gasteiger partial charge is 0.248 e. The molecular weight excluding hydrogens is 491 g/mol. The average Bonchev–Trinajstić information content (AvgIpc) is 2.95. The molecule has 0 bridgehead atoms. The highest BCUT2D eigenvalue weighted by molar-refractivity contribution is 6.34. The van der Waals surface area contributed by atoms with Crippen molar-refractivity contribution in [1.82, 2.24) is 9.80 Å². The lowest BCUT2D eigenvalue weighted by Crippen LogP contribution is -2.59. The van der Waals surface area contributed by atoms with Crippen LogP contribution in [0.2, 0.25) is 5.02 Å². The summed E-state index contributed by atoms with van der Waals surface area (Å²) in [5.41, 5.74) is 2.09. The van der Waals surface area contributed by atoms with Crippen LogP contribution >= 0.6 is 11.6 Å². The Morgan fingerprint density at radius 3 is 2.49 bits per heavy atom. The maximum Gasteiger partial charge on any atom is 0.248 e. The number of halogens is 2. The van der Waals surface area contributed by atoms with E-state index in [-0.39, 0.29) is 41.7 Å². The molecule has 2 heterocycles. The molecule has 0 aromatic heterocycles. The topological polar surface area (TPSA) is 56.2 Å². The fraction of sp³-hybridized carbons (Fsp3) is 0.414. The zero-order valence-electron chi connectivity index (χ0n) is 22.1. The molecule has 0 spiro atoms. The van der Waals surface area contributed by atoms with Gasteiger partial charge in [-0.15, -0.1) is 0 Å². The predicted octanol–water partition coefficient (Wildman–Crippen LogP) is 5.39. The Labute approximate surface area is 223 Å². The number of benzene rings is 2. The van der Waals surface area contributed by atoms with Crippen molar-refractivity contribution < 1.29 is 14.0 Å². The first-order chi connectivity index (χ1) is 17.4. The molecule has 2 aliphatic rings. The normalized spacial score (nSPS) is 20.4. The predicted molar refractivity (Wildman–Crippen MR) is 148 cm³/mol. The van der Waals surface area contributed by atoms with Gasteiger partial charge < -0.3 is 14.7 Å². The van der Waals surface area contributed by atoms with Crippen LogP contribution in [0, 0.1) is 11.2 Å². The highest BCUT2D eigenvalue weighted by atomic mass is 35.5. The molecule has 2 amide bonds. The molecule has 8 heteroatoms. The highest BCUT2D eigenvalue weighted by Crippen LogP contribution is 2.39. The minimum atomic E-state index is -0.383. The molecule has 2 aliphatic heterocycles. The summed E-state index contributed by atoms with van der Waals surface area (Å²) in [4.78, 5) is 36.3. The van der Waals surface area contributed by atoms with Gasteiger partial charge in [0.15, 0.2) is 0 Å².